The lowest BCUT2D eigenvalue weighted by Crippen LogP contribution is -2.25. The molecule has 0 radical (unpaired) electrons. The van der Waals surface area contributed by atoms with Gasteiger partial charge in [-0.1, -0.05) is 6.07 Å². The van der Waals surface area contributed by atoms with Gasteiger partial charge >= 0.3 is 5.97 Å². The zero-order valence-corrected chi connectivity index (χ0v) is 9.48. The summed E-state index contributed by atoms with van der Waals surface area (Å²) in [5.41, 5.74) is 6.26. The van der Waals surface area contributed by atoms with Crippen LogP contribution in [0.15, 0.2) is 18.2 Å². The molecule has 0 saturated carbocycles. The largest absolute Gasteiger partial charge is 0.465 e. The molecule has 2 N–H and O–H groups in total. The molecule has 0 bridgehead atoms. The Labute approximate surface area is 93.8 Å². The Bertz CT molecular complexity index is 427. The van der Waals surface area contributed by atoms with Crippen molar-refractivity contribution >= 4 is 17.6 Å². The first-order valence-electron chi connectivity index (χ1n) is 4.67. The summed E-state index contributed by atoms with van der Waals surface area (Å²) < 4.78 is 4.60. The third-order valence-electron chi connectivity index (χ3n) is 2.12. The maximum Gasteiger partial charge on any atom is 0.340 e. The Morgan fingerprint density at radius 2 is 1.94 bits per heavy atom. The first kappa shape index (κ1) is 12.0. The van der Waals surface area contributed by atoms with Crippen LogP contribution in [0.4, 0.5) is 5.69 Å². The molecule has 1 aromatic carbocycles. The molecule has 0 atom stereocenters. The minimum absolute atomic E-state index is 0.115. The van der Waals surface area contributed by atoms with E-state index < -0.39 is 5.97 Å². The summed E-state index contributed by atoms with van der Waals surface area (Å²) in [5, 5.41) is 0. The highest BCUT2D eigenvalue weighted by Crippen LogP contribution is 2.19. The van der Waals surface area contributed by atoms with Gasteiger partial charge in [-0.05, 0) is 12.1 Å². The zero-order valence-electron chi connectivity index (χ0n) is 9.48. The second kappa shape index (κ2) is 4.65. The number of nitrogens with zero attached hydrogens (tertiary/aromatic N) is 1. The van der Waals surface area contributed by atoms with Gasteiger partial charge in [0.05, 0.1) is 18.2 Å². The van der Waals surface area contributed by atoms with E-state index in [9.17, 15) is 9.59 Å². The summed E-state index contributed by atoms with van der Waals surface area (Å²) in [6.07, 6.45) is 0. The van der Waals surface area contributed by atoms with Crippen molar-refractivity contribution in [1.29, 1.82) is 0 Å². The van der Waals surface area contributed by atoms with Crippen LogP contribution in [0.3, 0.4) is 0 Å². The van der Waals surface area contributed by atoms with Crippen molar-refractivity contribution in [2.45, 2.75) is 0 Å². The maximum atomic E-state index is 11.8. The standard InChI is InChI=1S/C11H14N2O3/c1-13(2)10(14)7-5-4-6-8(12)9(7)11(15)16-3/h4-6H,12H2,1-3H3. The van der Waals surface area contributed by atoms with E-state index >= 15 is 0 Å². The Balaban J connectivity index is 3.34. The number of carbonyl (C=O) groups is 2. The van der Waals surface area contributed by atoms with Gasteiger partial charge in [-0.25, -0.2) is 4.79 Å². The smallest absolute Gasteiger partial charge is 0.340 e. The Morgan fingerprint density at radius 1 is 1.31 bits per heavy atom. The molecule has 0 aliphatic carbocycles. The summed E-state index contributed by atoms with van der Waals surface area (Å²) in [7, 11) is 4.46. The molecule has 5 heteroatoms. The molecule has 0 aliphatic rings. The lowest BCUT2D eigenvalue weighted by Gasteiger charge is -2.14. The van der Waals surface area contributed by atoms with Crippen LogP contribution >= 0.6 is 0 Å². The van der Waals surface area contributed by atoms with E-state index in [1.807, 2.05) is 0 Å². The van der Waals surface area contributed by atoms with E-state index in [-0.39, 0.29) is 22.7 Å². The summed E-state index contributed by atoms with van der Waals surface area (Å²) in [6, 6.07) is 4.72. The predicted molar refractivity (Wildman–Crippen MR) is 60.2 cm³/mol. The van der Waals surface area contributed by atoms with E-state index in [0.717, 1.165) is 0 Å². The van der Waals surface area contributed by atoms with Gasteiger partial charge in [0, 0.05) is 19.8 Å². The first-order chi connectivity index (χ1) is 7.49. The number of anilines is 1. The molecule has 0 saturated heterocycles. The van der Waals surface area contributed by atoms with Crippen LogP contribution in [-0.4, -0.2) is 38.0 Å². The van der Waals surface area contributed by atoms with Crippen LogP contribution in [-0.2, 0) is 4.74 Å². The molecule has 1 rings (SSSR count). The molecule has 0 fully saturated rings. The number of amides is 1. The SMILES string of the molecule is COC(=O)c1c(N)cccc1C(=O)N(C)C. The number of nitrogen functional groups attached to an aromatic ring is 1. The Morgan fingerprint density at radius 3 is 2.44 bits per heavy atom. The van der Waals surface area contributed by atoms with Gasteiger partial charge in [-0.15, -0.1) is 0 Å². The topological polar surface area (TPSA) is 72.6 Å². The number of hydrogen-bond acceptors (Lipinski definition) is 4. The van der Waals surface area contributed by atoms with Crippen LogP contribution in [0, 0.1) is 0 Å². The molecule has 0 unspecified atom stereocenters. The summed E-state index contributed by atoms with van der Waals surface area (Å²) in [6.45, 7) is 0. The molecule has 0 aromatic heterocycles. The summed E-state index contributed by atoms with van der Waals surface area (Å²) in [5.74, 6) is -0.893. The first-order valence-corrected chi connectivity index (χ1v) is 4.67. The van der Waals surface area contributed by atoms with E-state index in [1.54, 1.807) is 32.3 Å². The van der Waals surface area contributed by atoms with Crippen LogP contribution in [0.5, 0.6) is 0 Å². The summed E-state index contributed by atoms with van der Waals surface area (Å²) in [4.78, 5) is 24.7. The number of esters is 1. The molecular weight excluding hydrogens is 208 g/mol. The summed E-state index contributed by atoms with van der Waals surface area (Å²) >= 11 is 0. The molecule has 5 nitrogen and oxygen atoms in total. The van der Waals surface area contributed by atoms with Crippen molar-refractivity contribution in [2.24, 2.45) is 0 Å². The highest BCUT2D eigenvalue weighted by atomic mass is 16.5. The third kappa shape index (κ3) is 2.13. The van der Waals surface area contributed by atoms with Gasteiger partial charge in [-0.2, -0.15) is 0 Å². The van der Waals surface area contributed by atoms with Gasteiger partial charge in [-0.3, -0.25) is 4.79 Å². The Kier molecular flexibility index (Phi) is 3.50. The van der Waals surface area contributed by atoms with Gasteiger partial charge in [0.25, 0.3) is 5.91 Å². The Hall–Kier alpha value is -2.04. The molecular formula is C11H14N2O3. The number of benzene rings is 1. The van der Waals surface area contributed by atoms with E-state index in [2.05, 4.69) is 4.74 Å². The highest BCUT2D eigenvalue weighted by molar-refractivity contribution is 6.08. The second-order valence-electron chi connectivity index (χ2n) is 3.46. The highest BCUT2D eigenvalue weighted by Gasteiger charge is 2.21. The molecule has 0 heterocycles. The van der Waals surface area contributed by atoms with Crippen LogP contribution < -0.4 is 5.73 Å². The number of nitrogens with two attached hydrogens (primary N) is 1. The van der Waals surface area contributed by atoms with Crippen molar-refractivity contribution in [3.63, 3.8) is 0 Å². The van der Waals surface area contributed by atoms with Crippen molar-refractivity contribution < 1.29 is 14.3 Å². The molecule has 0 spiro atoms. The van der Waals surface area contributed by atoms with Crippen LogP contribution in [0.25, 0.3) is 0 Å². The average Bonchev–Trinajstić information content (AvgIpc) is 2.26. The third-order valence-corrected chi connectivity index (χ3v) is 2.12. The number of hydrogen-bond donors (Lipinski definition) is 1. The molecule has 86 valence electrons. The molecule has 0 aliphatic heterocycles. The molecule has 1 amide bonds. The lowest BCUT2D eigenvalue weighted by molar-refractivity contribution is 0.0595. The van der Waals surface area contributed by atoms with E-state index in [0.29, 0.717) is 0 Å². The second-order valence-corrected chi connectivity index (χ2v) is 3.46. The van der Waals surface area contributed by atoms with Crippen molar-refractivity contribution in [3.8, 4) is 0 Å². The van der Waals surface area contributed by atoms with Crippen molar-refractivity contribution in [1.82, 2.24) is 4.90 Å². The monoisotopic (exact) mass is 222 g/mol. The number of ether oxygens (including phenoxy) is 1. The average molecular weight is 222 g/mol. The van der Waals surface area contributed by atoms with E-state index in [4.69, 9.17) is 5.73 Å². The quantitative estimate of drug-likeness (QED) is 0.592. The van der Waals surface area contributed by atoms with Crippen LogP contribution in [0.2, 0.25) is 0 Å². The lowest BCUT2D eigenvalue weighted by atomic mass is 10.0. The number of methoxy groups -OCH3 is 1. The molecule has 16 heavy (non-hydrogen) atoms. The van der Waals surface area contributed by atoms with Gasteiger partial charge < -0.3 is 15.4 Å². The van der Waals surface area contributed by atoms with E-state index in [1.165, 1.54) is 12.0 Å². The zero-order chi connectivity index (χ0) is 12.3. The molecule has 1 aromatic rings. The fraction of sp³-hybridized carbons (Fsp3) is 0.273. The van der Waals surface area contributed by atoms with Crippen molar-refractivity contribution in [3.05, 3.63) is 29.3 Å². The number of rotatable bonds is 2. The van der Waals surface area contributed by atoms with Gasteiger partial charge in [0.1, 0.15) is 0 Å². The minimum Gasteiger partial charge on any atom is -0.465 e. The van der Waals surface area contributed by atoms with Crippen LogP contribution in [0.1, 0.15) is 20.7 Å². The fourth-order valence-electron chi connectivity index (χ4n) is 1.32. The van der Waals surface area contributed by atoms with Gasteiger partial charge in [0.15, 0.2) is 0 Å². The normalized spacial score (nSPS) is 9.69. The van der Waals surface area contributed by atoms with Gasteiger partial charge in [0.2, 0.25) is 0 Å². The minimum atomic E-state index is -0.608. The predicted octanol–water partition coefficient (Wildman–Crippen LogP) is 0.757. The maximum absolute atomic E-state index is 11.8. The number of carbonyl (C=O) groups excluding carboxylic acids is 2. The fourth-order valence-corrected chi connectivity index (χ4v) is 1.32. The van der Waals surface area contributed by atoms with Crippen molar-refractivity contribution in [2.75, 3.05) is 26.9 Å².